The van der Waals surface area contributed by atoms with Crippen LogP contribution >= 0.6 is 0 Å². The Morgan fingerprint density at radius 2 is 1.71 bits per heavy atom. The average molecular weight is 507 g/mol. The second kappa shape index (κ2) is 8.68. The Balaban J connectivity index is 1.34. The Labute approximate surface area is 198 Å². The number of aromatic nitrogens is 1. The first-order valence-corrected chi connectivity index (χ1v) is 12.6. The summed E-state index contributed by atoms with van der Waals surface area (Å²) in [6.45, 7) is 0. The van der Waals surface area contributed by atoms with E-state index in [1.807, 2.05) is 0 Å². The lowest BCUT2D eigenvalue weighted by Gasteiger charge is -2.36. The van der Waals surface area contributed by atoms with Gasteiger partial charge in [-0.1, -0.05) is 0 Å². The van der Waals surface area contributed by atoms with E-state index in [-0.39, 0.29) is 23.6 Å². The molecule has 184 valence electrons. The second-order valence-corrected chi connectivity index (χ2v) is 10.7. The number of benzene rings is 2. The van der Waals surface area contributed by atoms with E-state index in [4.69, 9.17) is 0 Å². The fourth-order valence-corrected chi connectivity index (χ4v) is 6.07. The number of carbonyl (C=O) groups is 2. The fraction of sp³-hybridized carbons (Fsp3) is 0.304. The first-order valence-electron chi connectivity index (χ1n) is 11.0. The van der Waals surface area contributed by atoms with Gasteiger partial charge in [0.25, 0.3) is 5.91 Å². The van der Waals surface area contributed by atoms with E-state index < -0.39 is 51.5 Å². The zero-order chi connectivity index (χ0) is 24.9. The van der Waals surface area contributed by atoms with Crippen LogP contribution in [0.2, 0.25) is 0 Å². The monoisotopic (exact) mass is 506 g/mol. The molecule has 0 spiro atoms. The van der Waals surface area contributed by atoms with Crippen LogP contribution in [0.25, 0.3) is 22.2 Å². The third kappa shape index (κ3) is 4.63. The van der Waals surface area contributed by atoms with Gasteiger partial charge in [0.1, 0.15) is 23.5 Å². The number of nitrogens with one attached hydrogen (secondary N) is 4. The smallest absolute Gasteiger partial charge is 0.322 e. The molecule has 3 aromatic rings. The van der Waals surface area contributed by atoms with Crippen LogP contribution in [-0.4, -0.2) is 43.2 Å². The number of H-pyrrole nitrogens is 1. The van der Waals surface area contributed by atoms with Crippen LogP contribution in [0.3, 0.4) is 0 Å². The second-order valence-electron chi connectivity index (χ2n) is 8.84. The van der Waals surface area contributed by atoms with Crippen molar-refractivity contribution in [2.45, 2.75) is 37.3 Å². The summed E-state index contributed by atoms with van der Waals surface area (Å²) in [4.78, 5) is 25.8. The molecular weight excluding hydrogens is 485 g/mol. The van der Waals surface area contributed by atoms with Gasteiger partial charge in [-0.15, -0.1) is 0 Å². The van der Waals surface area contributed by atoms with E-state index >= 15 is 0 Å². The maximum atomic E-state index is 14.5. The molecule has 2 aromatic carbocycles. The summed E-state index contributed by atoms with van der Waals surface area (Å²) in [5.41, 5.74) is 1.89. The summed E-state index contributed by atoms with van der Waals surface area (Å²) >= 11 is 0. The van der Waals surface area contributed by atoms with Gasteiger partial charge in [0.05, 0.1) is 17.0 Å². The first kappa shape index (κ1) is 23.4. The van der Waals surface area contributed by atoms with Crippen LogP contribution in [0.5, 0.6) is 0 Å². The van der Waals surface area contributed by atoms with Crippen LogP contribution in [-0.2, 0) is 14.8 Å². The van der Waals surface area contributed by atoms with Gasteiger partial charge in [-0.05, 0) is 66.6 Å². The van der Waals surface area contributed by atoms with Crippen molar-refractivity contribution in [2.24, 2.45) is 0 Å². The minimum absolute atomic E-state index is 0.0707. The molecule has 1 atom stereocenters. The summed E-state index contributed by atoms with van der Waals surface area (Å²) in [6, 6.07) is 5.67. The molecule has 2 aliphatic rings. The van der Waals surface area contributed by atoms with Gasteiger partial charge < -0.3 is 10.3 Å². The number of amides is 3. The van der Waals surface area contributed by atoms with Gasteiger partial charge in [-0.3, -0.25) is 10.1 Å². The van der Waals surface area contributed by atoms with Gasteiger partial charge in [0, 0.05) is 17.5 Å². The number of hydrogen-bond acceptors (Lipinski definition) is 4. The van der Waals surface area contributed by atoms with Gasteiger partial charge in [0.2, 0.25) is 10.0 Å². The highest BCUT2D eigenvalue weighted by molar-refractivity contribution is 7.89. The van der Waals surface area contributed by atoms with E-state index in [9.17, 15) is 31.2 Å². The molecule has 1 unspecified atom stereocenters. The number of fused-ring (bicyclic) bond motifs is 1. The molecule has 1 aliphatic heterocycles. The molecule has 1 aromatic heterocycles. The zero-order valence-corrected chi connectivity index (χ0v) is 19.0. The number of urea groups is 1. The number of halogens is 3. The number of imide groups is 1. The van der Waals surface area contributed by atoms with Crippen molar-refractivity contribution in [3.8, 4) is 11.3 Å². The van der Waals surface area contributed by atoms with Crippen molar-refractivity contribution in [1.82, 2.24) is 20.3 Å². The number of aromatic amines is 1. The van der Waals surface area contributed by atoms with Crippen molar-refractivity contribution in [3.05, 3.63) is 59.4 Å². The minimum Gasteiger partial charge on any atom is -0.352 e. The molecule has 0 bridgehead atoms. The molecule has 1 aliphatic carbocycles. The summed E-state index contributed by atoms with van der Waals surface area (Å²) in [5, 5.41) is 4.76. The van der Waals surface area contributed by atoms with Crippen molar-refractivity contribution < 1.29 is 31.2 Å². The third-order valence-corrected chi connectivity index (χ3v) is 7.89. The Kier molecular flexibility index (Phi) is 5.80. The topological polar surface area (TPSA) is 120 Å². The van der Waals surface area contributed by atoms with Gasteiger partial charge >= 0.3 is 6.03 Å². The van der Waals surface area contributed by atoms with Gasteiger partial charge in [-0.25, -0.2) is 31.1 Å². The maximum absolute atomic E-state index is 14.5. The number of hydrogen-bond donors (Lipinski definition) is 4. The highest BCUT2D eigenvalue weighted by atomic mass is 32.2. The van der Waals surface area contributed by atoms with Crippen molar-refractivity contribution in [2.75, 3.05) is 5.75 Å². The van der Waals surface area contributed by atoms with E-state index in [1.54, 1.807) is 0 Å². The van der Waals surface area contributed by atoms with Crippen molar-refractivity contribution >= 4 is 32.9 Å². The minimum atomic E-state index is -3.74. The molecule has 8 nitrogen and oxygen atoms in total. The lowest BCUT2D eigenvalue weighted by molar-refractivity contribution is -0.120. The van der Waals surface area contributed by atoms with Crippen LogP contribution < -0.4 is 15.4 Å². The lowest BCUT2D eigenvalue weighted by atomic mass is 9.74. The number of sulfonamides is 1. The SMILES string of the molecule is O=C1NC(=O)C(CCS(=O)(=O)NC2CC(c3c(-c4ccc(F)cc4)[nH]c4c(F)cc(F)cc34)C2)N1. The summed E-state index contributed by atoms with van der Waals surface area (Å²) in [7, 11) is -3.74. The fourth-order valence-electron chi connectivity index (χ4n) is 4.71. The molecule has 2 fully saturated rings. The van der Waals surface area contributed by atoms with Crippen LogP contribution in [0.15, 0.2) is 36.4 Å². The molecule has 0 radical (unpaired) electrons. The molecular formula is C23H21F3N4O4S. The van der Waals surface area contributed by atoms with Gasteiger partial charge in [-0.2, -0.15) is 0 Å². The van der Waals surface area contributed by atoms with E-state index in [0.29, 0.717) is 35.0 Å². The van der Waals surface area contributed by atoms with Crippen LogP contribution in [0.4, 0.5) is 18.0 Å². The Bertz CT molecular complexity index is 1430. The van der Waals surface area contributed by atoms with Crippen molar-refractivity contribution in [3.63, 3.8) is 0 Å². The third-order valence-electron chi connectivity index (χ3n) is 6.42. The average Bonchev–Trinajstić information content (AvgIpc) is 3.29. The molecule has 1 saturated carbocycles. The lowest BCUT2D eigenvalue weighted by Crippen LogP contribution is -2.45. The first-order chi connectivity index (χ1) is 16.6. The summed E-state index contributed by atoms with van der Waals surface area (Å²) in [6.07, 6.45) is 0.705. The van der Waals surface area contributed by atoms with Crippen LogP contribution in [0, 0.1) is 17.5 Å². The molecule has 35 heavy (non-hydrogen) atoms. The molecule has 2 heterocycles. The normalized spacial score (nSPS) is 22.2. The van der Waals surface area contributed by atoms with E-state index in [2.05, 4.69) is 20.3 Å². The Morgan fingerprint density at radius 1 is 1.00 bits per heavy atom. The molecule has 5 rings (SSSR count). The Hall–Kier alpha value is -3.38. The molecule has 12 heteroatoms. The molecule has 3 amide bonds. The zero-order valence-electron chi connectivity index (χ0n) is 18.2. The molecule has 1 saturated heterocycles. The molecule has 4 N–H and O–H groups in total. The largest absolute Gasteiger partial charge is 0.352 e. The predicted octanol–water partition coefficient (Wildman–Crippen LogP) is 3.02. The van der Waals surface area contributed by atoms with E-state index in [1.165, 1.54) is 30.3 Å². The Morgan fingerprint density at radius 3 is 2.37 bits per heavy atom. The predicted molar refractivity (Wildman–Crippen MR) is 121 cm³/mol. The van der Waals surface area contributed by atoms with Crippen LogP contribution in [0.1, 0.15) is 30.7 Å². The highest BCUT2D eigenvalue weighted by Crippen LogP contribution is 2.45. The standard InChI is InChI=1S/C23H21F3N4O4S/c24-13-3-1-11(2-4-13)20-19(16-9-14(25)10-17(26)21(16)28-20)12-7-15(8-12)30-35(33,34)6-5-18-22(31)29-23(32)27-18/h1-4,9-10,12,15,18,28,30H,5-8H2,(H2,27,29,31,32). The number of rotatable bonds is 7. The van der Waals surface area contributed by atoms with Crippen molar-refractivity contribution in [1.29, 1.82) is 0 Å². The quantitative estimate of drug-likeness (QED) is 0.368. The highest BCUT2D eigenvalue weighted by Gasteiger charge is 2.37. The number of carbonyl (C=O) groups excluding carboxylic acids is 2. The van der Waals surface area contributed by atoms with Gasteiger partial charge in [0.15, 0.2) is 0 Å². The van der Waals surface area contributed by atoms with E-state index in [0.717, 1.165) is 6.07 Å². The summed E-state index contributed by atoms with van der Waals surface area (Å²) < 4.78 is 69.6. The maximum Gasteiger partial charge on any atom is 0.322 e. The summed E-state index contributed by atoms with van der Waals surface area (Å²) in [5.74, 6) is -3.04.